The number of benzene rings is 2. The summed E-state index contributed by atoms with van der Waals surface area (Å²) in [7, 11) is 0. The number of fused-ring (bicyclic) bond motifs is 2. The molecule has 2 aromatic carbocycles. The Bertz CT molecular complexity index is 920. The van der Waals surface area contributed by atoms with Gasteiger partial charge in [0.15, 0.2) is 0 Å². The van der Waals surface area contributed by atoms with Gasteiger partial charge in [-0.25, -0.2) is 4.79 Å². The van der Waals surface area contributed by atoms with E-state index >= 15 is 0 Å². The number of carbonyl (C=O) groups is 1. The van der Waals surface area contributed by atoms with Crippen molar-refractivity contribution in [3.63, 3.8) is 0 Å². The molecular formula is C20H19N3O2. The van der Waals surface area contributed by atoms with Gasteiger partial charge < -0.3 is 15.0 Å². The second-order valence-electron chi connectivity index (χ2n) is 6.26. The number of urea groups is 1. The second-order valence-corrected chi connectivity index (χ2v) is 6.26. The van der Waals surface area contributed by atoms with E-state index in [0.29, 0.717) is 18.8 Å². The predicted octanol–water partition coefficient (Wildman–Crippen LogP) is 4.05. The van der Waals surface area contributed by atoms with Crippen molar-refractivity contribution in [1.29, 1.82) is 0 Å². The van der Waals surface area contributed by atoms with Crippen molar-refractivity contribution in [2.45, 2.75) is 19.6 Å². The molecule has 0 saturated carbocycles. The minimum Gasteiger partial charge on any atom is -0.489 e. The van der Waals surface area contributed by atoms with Crippen LogP contribution in [0.3, 0.4) is 0 Å². The molecule has 5 nitrogen and oxygen atoms in total. The Morgan fingerprint density at radius 2 is 1.96 bits per heavy atom. The van der Waals surface area contributed by atoms with E-state index in [1.807, 2.05) is 55.5 Å². The smallest absolute Gasteiger partial charge is 0.322 e. The summed E-state index contributed by atoms with van der Waals surface area (Å²) in [6, 6.07) is 15.6. The fraction of sp³-hybridized carbons (Fsp3) is 0.200. The standard InChI is InChI=1S/C20H19N3O2/c1-14-12-23(13-16-7-3-5-9-19(16)25-14)20(24)22-18-11-21-10-15-6-2-4-8-17(15)18/h2-11,14H,12-13H2,1H3,(H,22,24)/t14-/m0/s1. The summed E-state index contributed by atoms with van der Waals surface area (Å²) in [5.41, 5.74) is 1.73. The monoisotopic (exact) mass is 333 g/mol. The van der Waals surface area contributed by atoms with Crippen LogP contribution in [-0.4, -0.2) is 28.6 Å². The molecule has 25 heavy (non-hydrogen) atoms. The fourth-order valence-corrected chi connectivity index (χ4v) is 3.15. The highest BCUT2D eigenvalue weighted by Gasteiger charge is 2.24. The van der Waals surface area contributed by atoms with Crippen LogP contribution in [0, 0.1) is 0 Å². The number of rotatable bonds is 1. The van der Waals surface area contributed by atoms with E-state index in [4.69, 9.17) is 4.74 Å². The molecule has 0 bridgehead atoms. The number of para-hydroxylation sites is 1. The lowest BCUT2D eigenvalue weighted by atomic mass is 10.1. The van der Waals surface area contributed by atoms with Crippen molar-refractivity contribution >= 4 is 22.5 Å². The maximum atomic E-state index is 12.9. The number of amides is 2. The lowest BCUT2D eigenvalue weighted by molar-refractivity contribution is 0.167. The number of nitrogens with one attached hydrogen (secondary N) is 1. The molecule has 3 aromatic rings. The van der Waals surface area contributed by atoms with Gasteiger partial charge >= 0.3 is 6.03 Å². The summed E-state index contributed by atoms with van der Waals surface area (Å²) < 4.78 is 5.92. The van der Waals surface area contributed by atoms with Gasteiger partial charge in [-0.3, -0.25) is 4.98 Å². The average molecular weight is 333 g/mol. The highest BCUT2D eigenvalue weighted by molar-refractivity contribution is 6.00. The molecule has 5 heteroatoms. The van der Waals surface area contributed by atoms with Crippen LogP contribution in [0.25, 0.3) is 10.8 Å². The molecule has 0 unspecified atom stereocenters. The van der Waals surface area contributed by atoms with Gasteiger partial charge in [-0.1, -0.05) is 42.5 Å². The highest BCUT2D eigenvalue weighted by Crippen LogP contribution is 2.26. The number of hydrogen-bond donors (Lipinski definition) is 1. The van der Waals surface area contributed by atoms with Gasteiger partial charge in [-0.2, -0.15) is 0 Å². The SMILES string of the molecule is C[C@H]1CN(C(=O)Nc2cncc3ccccc23)Cc2ccccc2O1. The highest BCUT2D eigenvalue weighted by atomic mass is 16.5. The summed E-state index contributed by atoms with van der Waals surface area (Å²) in [6.07, 6.45) is 3.41. The lowest BCUT2D eigenvalue weighted by Crippen LogP contribution is -2.38. The van der Waals surface area contributed by atoms with Crippen molar-refractivity contribution < 1.29 is 9.53 Å². The third-order valence-corrected chi connectivity index (χ3v) is 4.34. The number of anilines is 1. The first-order valence-electron chi connectivity index (χ1n) is 8.34. The quantitative estimate of drug-likeness (QED) is 0.731. The number of pyridine rings is 1. The minimum atomic E-state index is -0.148. The van der Waals surface area contributed by atoms with Crippen LogP contribution in [0.15, 0.2) is 60.9 Å². The zero-order valence-electron chi connectivity index (χ0n) is 14.0. The number of hydrogen-bond acceptors (Lipinski definition) is 3. The molecule has 126 valence electrons. The normalized spacial score (nSPS) is 16.7. The van der Waals surface area contributed by atoms with E-state index in [-0.39, 0.29) is 12.1 Å². The molecule has 0 spiro atoms. The van der Waals surface area contributed by atoms with Crippen LogP contribution >= 0.6 is 0 Å². The first-order chi connectivity index (χ1) is 12.2. The first-order valence-corrected chi connectivity index (χ1v) is 8.34. The molecule has 1 N–H and O–H groups in total. The van der Waals surface area contributed by atoms with Crippen LogP contribution in [0.2, 0.25) is 0 Å². The van der Waals surface area contributed by atoms with Crippen LogP contribution in [0.4, 0.5) is 10.5 Å². The Kier molecular flexibility index (Phi) is 3.98. The summed E-state index contributed by atoms with van der Waals surface area (Å²) in [6.45, 7) is 3.02. The van der Waals surface area contributed by atoms with Gasteiger partial charge in [0.05, 0.1) is 25.0 Å². The molecule has 1 atom stereocenters. The number of nitrogens with zero attached hydrogens (tertiary/aromatic N) is 2. The lowest BCUT2D eigenvalue weighted by Gasteiger charge is -2.23. The topological polar surface area (TPSA) is 54.5 Å². The van der Waals surface area contributed by atoms with Crippen molar-refractivity contribution in [2.75, 3.05) is 11.9 Å². The van der Waals surface area contributed by atoms with E-state index in [1.54, 1.807) is 17.3 Å². The number of aromatic nitrogens is 1. The molecule has 1 aromatic heterocycles. The van der Waals surface area contributed by atoms with Gasteiger partial charge in [-0.05, 0) is 13.0 Å². The molecule has 2 amide bonds. The largest absolute Gasteiger partial charge is 0.489 e. The maximum Gasteiger partial charge on any atom is 0.322 e. The fourth-order valence-electron chi connectivity index (χ4n) is 3.15. The third kappa shape index (κ3) is 3.13. The first kappa shape index (κ1) is 15.4. The van der Waals surface area contributed by atoms with Crippen LogP contribution in [0.1, 0.15) is 12.5 Å². The summed E-state index contributed by atoms with van der Waals surface area (Å²) >= 11 is 0. The van der Waals surface area contributed by atoms with Crippen LogP contribution < -0.4 is 10.1 Å². The summed E-state index contributed by atoms with van der Waals surface area (Å²) in [5.74, 6) is 0.845. The van der Waals surface area contributed by atoms with Crippen LogP contribution in [0.5, 0.6) is 5.75 Å². The summed E-state index contributed by atoms with van der Waals surface area (Å²) in [4.78, 5) is 18.8. The Morgan fingerprint density at radius 3 is 2.88 bits per heavy atom. The Morgan fingerprint density at radius 1 is 1.16 bits per heavy atom. The van der Waals surface area contributed by atoms with E-state index in [0.717, 1.165) is 22.1 Å². The van der Waals surface area contributed by atoms with E-state index in [2.05, 4.69) is 10.3 Å². The zero-order valence-corrected chi connectivity index (χ0v) is 14.0. The Balaban J connectivity index is 1.60. The molecule has 2 heterocycles. The predicted molar refractivity (Wildman–Crippen MR) is 97.7 cm³/mol. The molecule has 1 aliphatic rings. The van der Waals surface area contributed by atoms with Gasteiger partial charge in [0, 0.05) is 22.5 Å². The molecule has 0 aliphatic carbocycles. The number of ether oxygens (including phenoxy) is 1. The van der Waals surface area contributed by atoms with Crippen molar-refractivity contribution in [1.82, 2.24) is 9.88 Å². The van der Waals surface area contributed by atoms with E-state index in [1.165, 1.54) is 0 Å². The zero-order chi connectivity index (χ0) is 17.2. The molecular weight excluding hydrogens is 314 g/mol. The van der Waals surface area contributed by atoms with Gasteiger partial charge in [-0.15, -0.1) is 0 Å². The molecule has 0 radical (unpaired) electrons. The number of carbonyl (C=O) groups excluding carboxylic acids is 1. The third-order valence-electron chi connectivity index (χ3n) is 4.34. The van der Waals surface area contributed by atoms with Crippen molar-refractivity contribution in [2.24, 2.45) is 0 Å². The molecule has 1 aliphatic heterocycles. The maximum absolute atomic E-state index is 12.9. The Hall–Kier alpha value is -3.08. The van der Waals surface area contributed by atoms with Crippen molar-refractivity contribution in [3.8, 4) is 5.75 Å². The van der Waals surface area contributed by atoms with Gasteiger partial charge in [0.25, 0.3) is 0 Å². The van der Waals surface area contributed by atoms with Gasteiger partial charge in [0.2, 0.25) is 0 Å². The summed E-state index contributed by atoms with van der Waals surface area (Å²) in [5, 5.41) is 4.98. The van der Waals surface area contributed by atoms with E-state index < -0.39 is 0 Å². The second kappa shape index (κ2) is 6.43. The Labute approximate surface area is 146 Å². The van der Waals surface area contributed by atoms with Crippen LogP contribution in [-0.2, 0) is 6.54 Å². The van der Waals surface area contributed by atoms with Crippen molar-refractivity contribution in [3.05, 3.63) is 66.5 Å². The molecule has 4 rings (SSSR count). The molecule has 0 fully saturated rings. The average Bonchev–Trinajstić information content (AvgIpc) is 2.80. The van der Waals surface area contributed by atoms with E-state index in [9.17, 15) is 4.79 Å². The van der Waals surface area contributed by atoms with Gasteiger partial charge in [0.1, 0.15) is 11.9 Å². The minimum absolute atomic E-state index is 0.0694. The molecule has 0 saturated heterocycles.